The van der Waals surface area contributed by atoms with E-state index < -0.39 is 10.5 Å². The van der Waals surface area contributed by atoms with Crippen molar-refractivity contribution in [1.29, 1.82) is 0 Å². The standard InChI is InChI=1S/C20H21ClN6O4/c1-20(13-25-11-18(27(28)29)23-19(25)31-20)12-24-4-6-26(7-5-24)22-10-16-9-14-8-15(21)2-3-17(14)30-16/h2-3,8-11H,4-7,12-13H2,1H3. The minimum absolute atomic E-state index is 0.184. The second-order valence-corrected chi connectivity index (χ2v) is 8.56. The second-order valence-electron chi connectivity index (χ2n) is 8.12. The zero-order valence-electron chi connectivity index (χ0n) is 16.9. The fourth-order valence-corrected chi connectivity index (χ4v) is 4.27. The molecule has 1 aromatic carbocycles. The summed E-state index contributed by atoms with van der Waals surface area (Å²) in [5, 5.41) is 19.1. The molecule has 3 aromatic rings. The average Bonchev–Trinajstić information content (AvgIpc) is 3.38. The molecule has 0 amide bonds. The van der Waals surface area contributed by atoms with Gasteiger partial charge in [-0.15, -0.1) is 0 Å². The van der Waals surface area contributed by atoms with E-state index in [0.29, 0.717) is 29.9 Å². The Morgan fingerprint density at radius 1 is 1.32 bits per heavy atom. The molecule has 10 nitrogen and oxygen atoms in total. The van der Waals surface area contributed by atoms with Gasteiger partial charge in [0, 0.05) is 48.1 Å². The van der Waals surface area contributed by atoms with E-state index in [9.17, 15) is 10.1 Å². The maximum absolute atomic E-state index is 10.9. The lowest BCUT2D eigenvalue weighted by Crippen LogP contribution is -2.51. The number of nitrogens with zero attached hydrogens (tertiary/aromatic N) is 6. The molecule has 1 saturated heterocycles. The number of nitro groups is 1. The number of imidazole rings is 1. The Bertz CT molecular complexity index is 1140. The van der Waals surface area contributed by atoms with Crippen molar-refractivity contribution in [3.8, 4) is 6.01 Å². The van der Waals surface area contributed by atoms with Crippen molar-refractivity contribution < 1.29 is 14.1 Å². The highest BCUT2D eigenvalue weighted by Crippen LogP contribution is 2.31. The summed E-state index contributed by atoms with van der Waals surface area (Å²) in [6.45, 7) is 6.52. The summed E-state index contributed by atoms with van der Waals surface area (Å²) in [5.41, 5.74) is 0.323. The van der Waals surface area contributed by atoms with E-state index in [4.69, 9.17) is 20.8 Å². The van der Waals surface area contributed by atoms with Gasteiger partial charge < -0.3 is 19.3 Å². The van der Waals surface area contributed by atoms with Crippen LogP contribution in [-0.2, 0) is 6.54 Å². The minimum Gasteiger partial charge on any atom is -0.455 e. The fourth-order valence-electron chi connectivity index (χ4n) is 4.08. The molecule has 0 bridgehead atoms. The average molecular weight is 445 g/mol. The third-order valence-corrected chi connectivity index (χ3v) is 5.74. The SMILES string of the molecule is CC1(CN2CCN(N=Cc3cc4cc(Cl)ccc4o3)CC2)Cn2cc([N+](=O)[O-])nc2O1. The van der Waals surface area contributed by atoms with Crippen molar-refractivity contribution >= 4 is 34.6 Å². The Labute approximate surface area is 182 Å². The van der Waals surface area contributed by atoms with Crippen LogP contribution in [0.1, 0.15) is 12.7 Å². The predicted molar refractivity (Wildman–Crippen MR) is 115 cm³/mol. The zero-order valence-corrected chi connectivity index (χ0v) is 17.7. The third-order valence-electron chi connectivity index (χ3n) is 5.51. The Kier molecular flexibility index (Phi) is 4.82. The van der Waals surface area contributed by atoms with Crippen molar-refractivity contribution in [3.05, 3.63) is 51.4 Å². The van der Waals surface area contributed by atoms with Crippen LogP contribution in [0.3, 0.4) is 0 Å². The van der Waals surface area contributed by atoms with Gasteiger partial charge in [0.05, 0.1) is 12.8 Å². The number of aromatic nitrogens is 2. The molecule has 2 aromatic heterocycles. The first-order valence-corrected chi connectivity index (χ1v) is 10.4. The van der Waals surface area contributed by atoms with Crippen molar-refractivity contribution in [2.45, 2.75) is 19.1 Å². The van der Waals surface area contributed by atoms with E-state index in [0.717, 1.165) is 37.1 Å². The van der Waals surface area contributed by atoms with Crippen LogP contribution < -0.4 is 4.74 Å². The molecule has 2 aliphatic rings. The molecule has 31 heavy (non-hydrogen) atoms. The first-order chi connectivity index (χ1) is 14.9. The van der Waals surface area contributed by atoms with Gasteiger partial charge in [-0.05, 0) is 36.1 Å². The van der Waals surface area contributed by atoms with Gasteiger partial charge in [-0.1, -0.05) is 11.6 Å². The molecule has 1 fully saturated rings. The first-order valence-electron chi connectivity index (χ1n) is 9.98. The number of hydrogen-bond acceptors (Lipinski definition) is 8. The van der Waals surface area contributed by atoms with Crippen LogP contribution in [0.5, 0.6) is 6.01 Å². The van der Waals surface area contributed by atoms with Crippen molar-refractivity contribution in [1.82, 2.24) is 19.5 Å². The van der Waals surface area contributed by atoms with Crippen LogP contribution in [0, 0.1) is 10.1 Å². The lowest BCUT2D eigenvalue weighted by Gasteiger charge is -2.36. The normalized spacial score (nSPS) is 21.7. The van der Waals surface area contributed by atoms with Crippen LogP contribution in [0.25, 0.3) is 11.0 Å². The molecule has 1 atom stereocenters. The lowest BCUT2D eigenvalue weighted by molar-refractivity contribution is -0.389. The molecular formula is C20H21ClN6O4. The monoisotopic (exact) mass is 444 g/mol. The minimum atomic E-state index is -0.508. The van der Waals surface area contributed by atoms with Gasteiger partial charge in [0.1, 0.15) is 23.1 Å². The molecule has 5 rings (SSSR count). The van der Waals surface area contributed by atoms with Gasteiger partial charge in [-0.2, -0.15) is 5.10 Å². The third kappa shape index (κ3) is 4.08. The number of ether oxygens (including phenoxy) is 1. The molecule has 0 N–H and O–H groups in total. The van der Waals surface area contributed by atoms with E-state index in [1.807, 2.05) is 30.1 Å². The molecule has 1 unspecified atom stereocenters. The van der Waals surface area contributed by atoms with Crippen LogP contribution in [0.15, 0.2) is 40.0 Å². The fraction of sp³-hybridized carbons (Fsp3) is 0.400. The van der Waals surface area contributed by atoms with Gasteiger partial charge in [0.25, 0.3) is 0 Å². The number of rotatable bonds is 5. The van der Waals surface area contributed by atoms with Gasteiger partial charge in [-0.25, -0.2) is 0 Å². The summed E-state index contributed by atoms with van der Waals surface area (Å²) in [5.74, 6) is 0.506. The lowest BCUT2D eigenvalue weighted by atomic mass is 10.1. The Morgan fingerprint density at radius 2 is 2.13 bits per heavy atom. The molecule has 4 heterocycles. The highest BCUT2D eigenvalue weighted by molar-refractivity contribution is 6.31. The number of hydrazone groups is 1. The largest absolute Gasteiger partial charge is 0.455 e. The van der Waals surface area contributed by atoms with Gasteiger partial charge in [0.2, 0.25) is 0 Å². The molecule has 2 aliphatic heterocycles. The number of benzene rings is 1. The molecule has 0 spiro atoms. The van der Waals surface area contributed by atoms with Crippen molar-refractivity contribution in [2.75, 3.05) is 32.7 Å². The molecule has 162 valence electrons. The maximum Gasteiger partial charge on any atom is 0.415 e. The number of fused-ring (bicyclic) bond motifs is 2. The molecule has 0 radical (unpaired) electrons. The van der Waals surface area contributed by atoms with E-state index in [-0.39, 0.29) is 5.82 Å². The van der Waals surface area contributed by atoms with E-state index in [2.05, 4.69) is 15.0 Å². The number of halogens is 1. The molecule has 0 saturated carbocycles. The summed E-state index contributed by atoms with van der Waals surface area (Å²) in [4.78, 5) is 16.6. The number of hydrogen-bond donors (Lipinski definition) is 0. The van der Waals surface area contributed by atoms with Gasteiger partial charge in [0.15, 0.2) is 0 Å². The summed E-state index contributed by atoms with van der Waals surface area (Å²) in [7, 11) is 0. The second kappa shape index (κ2) is 7.54. The van der Waals surface area contributed by atoms with E-state index >= 15 is 0 Å². The smallest absolute Gasteiger partial charge is 0.415 e. The first kappa shape index (κ1) is 19.8. The molecular weight excluding hydrogens is 424 g/mol. The predicted octanol–water partition coefficient (Wildman–Crippen LogP) is 2.99. The summed E-state index contributed by atoms with van der Waals surface area (Å²) >= 11 is 6.02. The topological polar surface area (TPSA) is 102 Å². The van der Waals surface area contributed by atoms with Crippen LogP contribution in [0.2, 0.25) is 5.02 Å². The molecule has 11 heteroatoms. The highest BCUT2D eigenvalue weighted by atomic mass is 35.5. The quantitative estimate of drug-likeness (QED) is 0.338. The van der Waals surface area contributed by atoms with Crippen LogP contribution >= 0.6 is 11.6 Å². The Morgan fingerprint density at radius 3 is 2.87 bits per heavy atom. The number of piperazine rings is 1. The summed E-state index contributed by atoms with van der Waals surface area (Å²) in [6, 6.07) is 7.75. The van der Waals surface area contributed by atoms with Gasteiger partial charge >= 0.3 is 11.8 Å². The van der Waals surface area contributed by atoms with Crippen LogP contribution in [-0.4, -0.2) is 68.9 Å². The maximum atomic E-state index is 10.9. The highest BCUT2D eigenvalue weighted by Gasteiger charge is 2.41. The Hall–Kier alpha value is -3.11. The number of furan rings is 1. The summed E-state index contributed by atoms with van der Waals surface area (Å²) < 4.78 is 13.4. The van der Waals surface area contributed by atoms with E-state index in [1.165, 1.54) is 6.20 Å². The molecule has 0 aliphatic carbocycles. The van der Waals surface area contributed by atoms with Gasteiger partial charge in [-0.3, -0.25) is 14.5 Å². The van der Waals surface area contributed by atoms with E-state index in [1.54, 1.807) is 16.8 Å². The van der Waals surface area contributed by atoms with Crippen LogP contribution in [0.4, 0.5) is 5.82 Å². The Balaban J connectivity index is 1.14. The van der Waals surface area contributed by atoms with Crippen molar-refractivity contribution in [3.63, 3.8) is 0 Å². The van der Waals surface area contributed by atoms with Crippen molar-refractivity contribution in [2.24, 2.45) is 5.10 Å². The summed E-state index contributed by atoms with van der Waals surface area (Å²) in [6.07, 6.45) is 3.16. The zero-order chi connectivity index (χ0) is 21.6.